The summed E-state index contributed by atoms with van der Waals surface area (Å²) in [6.07, 6.45) is 2.79. The smallest absolute Gasteiger partial charge is 0.309 e. The van der Waals surface area contributed by atoms with E-state index < -0.39 is 16.9 Å². The van der Waals surface area contributed by atoms with E-state index >= 15 is 0 Å². The van der Waals surface area contributed by atoms with Crippen LogP contribution in [0.1, 0.15) is 49.9 Å². The highest BCUT2D eigenvalue weighted by Crippen LogP contribution is 2.20. The SMILES string of the molecule is CCn1cc(NC(=O)C(C)n2cc([N+](=O)[O-])c(C)n2)c(C(=O)NCC(C)C)n1. The zero-order valence-electron chi connectivity index (χ0n) is 16.6. The number of carbonyl (C=O) groups is 2. The quantitative estimate of drug-likeness (QED) is 0.521. The molecule has 11 heteroatoms. The molecule has 2 amide bonds. The molecule has 0 radical (unpaired) electrons. The highest BCUT2D eigenvalue weighted by Gasteiger charge is 2.25. The van der Waals surface area contributed by atoms with E-state index in [9.17, 15) is 19.7 Å². The van der Waals surface area contributed by atoms with Gasteiger partial charge in [-0.3, -0.25) is 29.1 Å². The molecule has 2 aromatic rings. The maximum Gasteiger partial charge on any atom is 0.309 e. The van der Waals surface area contributed by atoms with Gasteiger partial charge in [0.15, 0.2) is 5.69 Å². The Morgan fingerprint density at radius 1 is 1.25 bits per heavy atom. The van der Waals surface area contributed by atoms with Gasteiger partial charge in [-0.05, 0) is 26.7 Å². The maximum absolute atomic E-state index is 12.6. The summed E-state index contributed by atoms with van der Waals surface area (Å²) < 4.78 is 2.78. The molecule has 1 atom stereocenters. The van der Waals surface area contributed by atoms with Crippen molar-refractivity contribution in [3.63, 3.8) is 0 Å². The third-order valence-electron chi connectivity index (χ3n) is 4.09. The minimum absolute atomic E-state index is 0.116. The summed E-state index contributed by atoms with van der Waals surface area (Å²) in [7, 11) is 0. The summed E-state index contributed by atoms with van der Waals surface area (Å²) in [4.78, 5) is 35.5. The molecular formula is C17H25N7O4. The molecule has 0 bridgehead atoms. The van der Waals surface area contributed by atoms with Crippen LogP contribution in [0.2, 0.25) is 0 Å². The first-order valence-corrected chi connectivity index (χ1v) is 9.00. The molecule has 11 nitrogen and oxygen atoms in total. The second-order valence-electron chi connectivity index (χ2n) is 6.85. The number of aryl methyl sites for hydroxylation is 2. The van der Waals surface area contributed by atoms with Crippen LogP contribution < -0.4 is 10.6 Å². The fourth-order valence-corrected chi connectivity index (χ4v) is 2.43. The molecule has 0 aliphatic rings. The first kappa shape index (κ1) is 21.1. The third kappa shape index (κ3) is 4.72. The van der Waals surface area contributed by atoms with Crippen molar-refractivity contribution in [3.8, 4) is 0 Å². The highest BCUT2D eigenvalue weighted by atomic mass is 16.6. The molecule has 1 unspecified atom stereocenters. The summed E-state index contributed by atoms with van der Waals surface area (Å²) in [5, 5.41) is 24.7. The molecule has 0 aromatic carbocycles. The molecule has 28 heavy (non-hydrogen) atoms. The van der Waals surface area contributed by atoms with Gasteiger partial charge in [-0.1, -0.05) is 13.8 Å². The predicted octanol–water partition coefficient (Wildman–Crippen LogP) is 1.90. The van der Waals surface area contributed by atoms with Gasteiger partial charge in [0.1, 0.15) is 17.9 Å². The molecule has 2 aromatic heterocycles. The van der Waals surface area contributed by atoms with E-state index in [1.165, 1.54) is 17.8 Å². The molecule has 152 valence electrons. The average Bonchev–Trinajstić information content (AvgIpc) is 3.22. The Morgan fingerprint density at radius 2 is 1.93 bits per heavy atom. The number of hydrogen-bond acceptors (Lipinski definition) is 6. The molecular weight excluding hydrogens is 366 g/mol. The van der Waals surface area contributed by atoms with E-state index in [1.54, 1.807) is 17.8 Å². The lowest BCUT2D eigenvalue weighted by Gasteiger charge is -2.12. The molecule has 0 saturated heterocycles. The highest BCUT2D eigenvalue weighted by molar-refractivity contribution is 6.03. The van der Waals surface area contributed by atoms with E-state index in [-0.39, 0.29) is 34.6 Å². The van der Waals surface area contributed by atoms with Gasteiger partial charge in [-0.25, -0.2) is 0 Å². The monoisotopic (exact) mass is 391 g/mol. The topological polar surface area (TPSA) is 137 Å². The first-order chi connectivity index (χ1) is 13.1. The first-order valence-electron chi connectivity index (χ1n) is 9.00. The minimum Gasteiger partial charge on any atom is -0.350 e. The van der Waals surface area contributed by atoms with Crippen molar-refractivity contribution in [1.82, 2.24) is 24.9 Å². The molecule has 0 aliphatic carbocycles. The number of carbonyl (C=O) groups excluding carboxylic acids is 2. The number of anilines is 1. The Hall–Kier alpha value is -3.24. The number of hydrogen-bond donors (Lipinski definition) is 2. The van der Waals surface area contributed by atoms with Gasteiger partial charge in [-0.15, -0.1) is 0 Å². The molecule has 0 fully saturated rings. The molecule has 0 saturated carbocycles. The van der Waals surface area contributed by atoms with Crippen molar-refractivity contribution in [3.05, 3.63) is 33.9 Å². The van der Waals surface area contributed by atoms with Crippen LogP contribution in [-0.4, -0.2) is 42.8 Å². The Kier molecular flexibility index (Phi) is 6.49. The number of nitrogens with one attached hydrogen (secondary N) is 2. The van der Waals surface area contributed by atoms with Crippen LogP contribution in [0.3, 0.4) is 0 Å². The van der Waals surface area contributed by atoms with Gasteiger partial charge in [0.25, 0.3) is 5.91 Å². The summed E-state index contributed by atoms with van der Waals surface area (Å²) in [5.41, 5.74) is 0.452. The number of nitro groups is 1. The van der Waals surface area contributed by atoms with Gasteiger partial charge >= 0.3 is 5.69 Å². The van der Waals surface area contributed by atoms with Crippen molar-refractivity contribution < 1.29 is 14.5 Å². The van der Waals surface area contributed by atoms with Crippen LogP contribution in [0.15, 0.2) is 12.4 Å². The van der Waals surface area contributed by atoms with Gasteiger partial charge in [0.2, 0.25) is 5.91 Å². The van der Waals surface area contributed by atoms with E-state index in [4.69, 9.17) is 0 Å². The second kappa shape index (κ2) is 8.63. The number of aromatic nitrogens is 4. The predicted molar refractivity (Wildman–Crippen MR) is 102 cm³/mol. The van der Waals surface area contributed by atoms with Crippen molar-refractivity contribution in [2.45, 2.75) is 47.2 Å². The van der Waals surface area contributed by atoms with E-state index in [0.29, 0.717) is 13.1 Å². The van der Waals surface area contributed by atoms with E-state index in [2.05, 4.69) is 20.8 Å². The molecule has 2 heterocycles. The van der Waals surface area contributed by atoms with Crippen LogP contribution in [0, 0.1) is 23.0 Å². The Bertz CT molecular complexity index is 884. The average molecular weight is 391 g/mol. The van der Waals surface area contributed by atoms with Crippen molar-refractivity contribution in [1.29, 1.82) is 0 Å². The Labute approximate surface area is 162 Å². The standard InChI is InChI=1S/C17H25N7O4/c1-6-22-8-13(15(21-22)17(26)18-7-10(2)3)19-16(25)12(5)23-9-14(24(27)28)11(4)20-23/h8-10,12H,6-7H2,1-5H3,(H,18,26)(H,19,25). The summed E-state index contributed by atoms with van der Waals surface area (Å²) >= 11 is 0. The lowest BCUT2D eigenvalue weighted by molar-refractivity contribution is -0.385. The number of rotatable bonds is 8. The lowest BCUT2D eigenvalue weighted by Crippen LogP contribution is -2.29. The Morgan fingerprint density at radius 3 is 2.46 bits per heavy atom. The van der Waals surface area contributed by atoms with Crippen molar-refractivity contribution in [2.24, 2.45) is 5.92 Å². The normalized spacial score (nSPS) is 12.1. The molecule has 0 spiro atoms. The zero-order chi connectivity index (χ0) is 21.0. The van der Waals surface area contributed by atoms with Crippen LogP contribution in [0.5, 0.6) is 0 Å². The van der Waals surface area contributed by atoms with Crippen molar-refractivity contribution >= 4 is 23.2 Å². The van der Waals surface area contributed by atoms with Crippen LogP contribution in [-0.2, 0) is 11.3 Å². The molecule has 2 rings (SSSR count). The van der Waals surface area contributed by atoms with Gasteiger partial charge in [-0.2, -0.15) is 10.2 Å². The largest absolute Gasteiger partial charge is 0.350 e. The van der Waals surface area contributed by atoms with Gasteiger partial charge < -0.3 is 10.6 Å². The third-order valence-corrected chi connectivity index (χ3v) is 4.09. The summed E-state index contributed by atoms with van der Waals surface area (Å²) in [6, 6.07) is -0.816. The van der Waals surface area contributed by atoms with Crippen LogP contribution in [0.4, 0.5) is 11.4 Å². The number of amides is 2. The van der Waals surface area contributed by atoms with Crippen LogP contribution >= 0.6 is 0 Å². The molecule has 0 aliphatic heterocycles. The van der Waals surface area contributed by atoms with E-state index in [1.807, 2.05) is 20.8 Å². The Balaban J connectivity index is 2.20. The second-order valence-corrected chi connectivity index (χ2v) is 6.85. The fourth-order valence-electron chi connectivity index (χ4n) is 2.43. The van der Waals surface area contributed by atoms with Gasteiger partial charge in [0.05, 0.1) is 10.6 Å². The fraction of sp³-hybridized carbons (Fsp3) is 0.529. The van der Waals surface area contributed by atoms with Gasteiger partial charge in [0, 0.05) is 19.3 Å². The summed E-state index contributed by atoms with van der Waals surface area (Å²) in [5.74, 6) is -0.575. The minimum atomic E-state index is -0.816. The number of nitrogens with zero attached hydrogens (tertiary/aromatic N) is 5. The maximum atomic E-state index is 12.6. The lowest BCUT2D eigenvalue weighted by atomic mass is 10.2. The van der Waals surface area contributed by atoms with Crippen molar-refractivity contribution in [2.75, 3.05) is 11.9 Å². The molecule has 2 N–H and O–H groups in total. The van der Waals surface area contributed by atoms with Crippen LogP contribution in [0.25, 0.3) is 0 Å². The zero-order valence-corrected chi connectivity index (χ0v) is 16.6. The van der Waals surface area contributed by atoms with E-state index in [0.717, 1.165) is 0 Å². The summed E-state index contributed by atoms with van der Waals surface area (Å²) in [6.45, 7) is 9.89.